The van der Waals surface area contributed by atoms with Crippen molar-refractivity contribution in [2.45, 2.75) is 45.7 Å². The van der Waals surface area contributed by atoms with Crippen molar-refractivity contribution in [3.8, 4) is 5.75 Å². The van der Waals surface area contributed by atoms with Gasteiger partial charge < -0.3 is 5.11 Å². The van der Waals surface area contributed by atoms with Crippen molar-refractivity contribution >= 4 is 9.24 Å². The molecule has 0 aliphatic heterocycles. The van der Waals surface area contributed by atoms with Gasteiger partial charge in [0.2, 0.25) is 0 Å². The van der Waals surface area contributed by atoms with Crippen molar-refractivity contribution in [1.29, 1.82) is 0 Å². The molecule has 0 radical (unpaired) electrons. The Labute approximate surface area is 96.1 Å². The maximum atomic E-state index is 9.02. The van der Waals surface area contributed by atoms with Gasteiger partial charge in [0.15, 0.2) is 0 Å². The minimum atomic E-state index is 0.174. The molecule has 86 valence electrons. The molecule has 0 fully saturated rings. The first kappa shape index (κ1) is 14.5. The maximum Gasteiger partial charge on any atom is 0.115 e. The van der Waals surface area contributed by atoms with E-state index in [2.05, 4.69) is 43.9 Å². The van der Waals surface area contributed by atoms with Crippen molar-refractivity contribution < 1.29 is 5.11 Å². The molecule has 0 heterocycles. The maximum absolute atomic E-state index is 9.02. The molecule has 2 heteroatoms. The molecular weight excluding hydrogens is 203 g/mol. The second-order valence-electron chi connectivity index (χ2n) is 5.04. The Bertz CT molecular complexity index is 267. The first-order chi connectivity index (χ1) is 6.73. The highest BCUT2D eigenvalue weighted by Crippen LogP contribution is 2.23. The largest absolute Gasteiger partial charge is 0.508 e. The van der Waals surface area contributed by atoms with Gasteiger partial charge in [-0.2, -0.15) is 0 Å². The van der Waals surface area contributed by atoms with Gasteiger partial charge in [-0.3, -0.25) is 0 Å². The van der Waals surface area contributed by atoms with Crippen LogP contribution in [-0.4, -0.2) is 10.8 Å². The van der Waals surface area contributed by atoms with Crippen LogP contribution in [0.4, 0.5) is 0 Å². The molecule has 1 unspecified atom stereocenters. The van der Waals surface area contributed by atoms with Crippen molar-refractivity contribution in [2.75, 3.05) is 0 Å². The zero-order valence-corrected chi connectivity index (χ0v) is 11.6. The zero-order chi connectivity index (χ0) is 12.1. The van der Waals surface area contributed by atoms with E-state index in [9.17, 15) is 0 Å². The molecule has 0 amide bonds. The lowest BCUT2D eigenvalue weighted by Gasteiger charge is -2.18. The SMILES string of the molecule is CC(C)(C)c1ccc(O)cc1.CC(C)P. The summed E-state index contributed by atoms with van der Waals surface area (Å²) in [7, 11) is 2.66. The quantitative estimate of drug-likeness (QED) is 0.664. The van der Waals surface area contributed by atoms with Gasteiger partial charge in [0.05, 0.1) is 0 Å². The normalized spacial score (nSPS) is 10.9. The highest BCUT2D eigenvalue weighted by Gasteiger charge is 2.12. The molecule has 15 heavy (non-hydrogen) atoms. The first-order valence-corrected chi connectivity index (χ1v) is 5.95. The lowest BCUT2D eigenvalue weighted by atomic mass is 9.87. The van der Waals surface area contributed by atoms with E-state index in [1.165, 1.54) is 5.56 Å². The monoisotopic (exact) mass is 226 g/mol. The third kappa shape index (κ3) is 7.39. The van der Waals surface area contributed by atoms with Crippen molar-refractivity contribution in [3.05, 3.63) is 29.8 Å². The number of hydrogen-bond donors (Lipinski definition) is 1. The lowest BCUT2D eigenvalue weighted by molar-refractivity contribution is 0.474. The van der Waals surface area contributed by atoms with Gasteiger partial charge in [-0.15, -0.1) is 9.24 Å². The van der Waals surface area contributed by atoms with Crippen LogP contribution in [-0.2, 0) is 5.41 Å². The second kappa shape index (κ2) is 6.12. The van der Waals surface area contributed by atoms with Gasteiger partial charge in [0.25, 0.3) is 0 Å². The number of phenols is 1. The number of rotatable bonds is 0. The van der Waals surface area contributed by atoms with E-state index in [0.717, 1.165) is 5.66 Å². The summed E-state index contributed by atoms with van der Waals surface area (Å²) in [6.45, 7) is 10.7. The predicted octanol–water partition coefficient (Wildman–Crippen LogP) is 3.96. The molecule has 0 spiro atoms. The average molecular weight is 226 g/mol. The molecule has 1 N–H and O–H groups in total. The van der Waals surface area contributed by atoms with Crippen LogP contribution >= 0.6 is 9.24 Å². The third-order valence-corrected chi connectivity index (χ3v) is 1.73. The van der Waals surface area contributed by atoms with Crippen LogP contribution in [0.1, 0.15) is 40.2 Å². The molecular formula is C13H23OP. The number of benzene rings is 1. The molecule has 0 saturated carbocycles. The van der Waals surface area contributed by atoms with Crippen molar-refractivity contribution in [3.63, 3.8) is 0 Å². The summed E-state index contributed by atoms with van der Waals surface area (Å²) in [6.07, 6.45) is 0. The molecule has 0 aliphatic carbocycles. The highest BCUT2D eigenvalue weighted by atomic mass is 31.0. The van der Waals surface area contributed by atoms with Crippen molar-refractivity contribution in [2.24, 2.45) is 0 Å². The molecule has 0 aromatic heterocycles. The van der Waals surface area contributed by atoms with Crippen LogP contribution in [0.2, 0.25) is 0 Å². The third-order valence-electron chi connectivity index (χ3n) is 1.73. The Morgan fingerprint density at radius 2 is 1.40 bits per heavy atom. The summed E-state index contributed by atoms with van der Waals surface area (Å²) < 4.78 is 0. The Balaban J connectivity index is 0.000000423. The van der Waals surface area contributed by atoms with Crippen LogP contribution < -0.4 is 0 Å². The van der Waals surface area contributed by atoms with Crippen LogP contribution in [0.5, 0.6) is 5.75 Å². The average Bonchev–Trinajstić information content (AvgIpc) is 2.01. The fourth-order valence-electron chi connectivity index (χ4n) is 0.961. The molecule has 1 atom stereocenters. The minimum Gasteiger partial charge on any atom is -0.508 e. The van der Waals surface area contributed by atoms with Gasteiger partial charge in [-0.05, 0) is 28.8 Å². The zero-order valence-electron chi connectivity index (χ0n) is 10.4. The molecule has 0 saturated heterocycles. The van der Waals surface area contributed by atoms with E-state index >= 15 is 0 Å². The van der Waals surface area contributed by atoms with E-state index in [1.54, 1.807) is 12.1 Å². The predicted molar refractivity (Wildman–Crippen MR) is 71.7 cm³/mol. The molecule has 1 rings (SSSR count). The molecule has 1 aromatic rings. The fraction of sp³-hybridized carbons (Fsp3) is 0.538. The van der Waals surface area contributed by atoms with E-state index in [1.807, 2.05) is 12.1 Å². The van der Waals surface area contributed by atoms with Gasteiger partial charge in [0, 0.05) is 0 Å². The Morgan fingerprint density at radius 1 is 1.07 bits per heavy atom. The number of phenolic OH excluding ortho intramolecular Hbond substituents is 1. The van der Waals surface area contributed by atoms with Gasteiger partial charge in [0.1, 0.15) is 5.75 Å². The van der Waals surface area contributed by atoms with Gasteiger partial charge in [-0.1, -0.05) is 46.8 Å². The summed E-state index contributed by atoms with van der Waals surface area (Å²) in [4.78, 5) is 0. The minimum absolute atomic E-state index is 0.174. The summed E-state index contributed by atoms with van der Waals surface area (Å²) in [5.41, 5.74) is 2.17. The van der Waals surface area contributed by atoms with Crippen LogP contribution in [0.15, 0.2) is 24.3 Å². The van der Waals surface area contributed by atoms with E-state index in [0.29, 0.717) is 5.75 Å². The molecule has 0 aliphatic rings. The summed E-state index contributed by atoms with van der Waals surface area (Å²) >= 11 is 0. The first-order valence-electron chi connectivity index (χ1n) is 5.28. The fourth-order valence-corrected chi connectivity index (χ4v) is 0.961. The van der Waals surface area contributed by atoms with Crippen molar-refractivity contribution in [1.82, 2.24) is 0 Å². The Kier molecular flexibility index (Phi) is 5.90. The topological polar surface area (TPSA) is 20.2 Å². The van der Waals surface area contributed by atoms with Gasteiger partial charge in [-0.25, -0.2) is 0 Å². The summed E-state index contributed by atoms with van der Waals surface area (Å²) in [6, 6.07) is 7.35. The summed E-state index contributed by atoms with van der Waals surface area (Å²) in [5.74, 6) is 0.331. The second-order valence-corrected chi connectivity index (χ2v) is 6.37. The molecule has 1 nitrogen and oxygen atoms in total. The van der Waals surface area contributed by atoms with Crippen LogP contribution in [0, 0.1) is 0 Å². The van der Waals surface area contributed by atoms with E-state index in [4.69, 9.17) is 5.11 Å². The number of hydrogen-bond acceptors (Lipinski definition) is 1. The number of aromatic hydroxyl groups is 1. The molecule has 0 bridgehead atoms. The smallest absolute Gasteiger partial charge is 0.115 e. The standard InChI is InChI=1S/C10H14O.C3H9P/c1-10(2,3)8-4-6-9(11)7-5-8;1-3(2)4/h4-7,11H,1-3H3;3H,4H2,1-2H3. The van der Waals surface area contributed by atoms with Gasteiger partial charge >= 0.3 is 0 Å². The van der Waals surface area contributed by atoms with Crippen LogP contribution in [0.25, 0.3) is 0 Å². The Hall–Kier alpha value is -0.550. The lowest BCUT2D eigenvalue weighted by Crippen LogP contribution is -2.10. The van der Waals surface area contributed by atoms with Crippen LogP contribution in [0.3, 0.4) is 0 Å². The Morgan fingerprint density at radius 3 is 1.67 bits per heavy atom. The van der Waals surface area contributed by atoms with E-state index in [-0.39, 0.29) is 5.41 Å². The highest BCUT2D eigenvalue weighted by molar-refractivity contribution is 7.17. The molecule has 1 aromatic carbocycles. The summed E-state index contributed by atoms with van der Waals surface area (Å²) in [5, 5.41) is 9.02. The van der Waals surface area contributed by atoms with E-state index < -0.39 is 0 Å².